The maximum Gasteiger partial charge on any atom is -0.00178 e. The molecule has 2 rings (SSSR count). The Morgan fingerprint density at radius 2 is 1.75 bits per heavy atom. The van der Waals surface area contributed by atoms with Crippen LogP contribution in [0.25, 0.3) is 0 Å². The van der Waals surface area contributed by atoms with Gasteiger partial charge in [-0.3, -0.25) is 0 Å². The summed E-state index contributed by atoms with van der Waals surface area (Å²) in [7, 11) is 0. The van der Waals surface area contributed by atoms with E-state index in [1.165, 1.54) is 58.0 Å². The molecule has 16 heavy (non-hydrogen) atoms. The summed E-state index contributed by atoms with van der Waals surface area (Å²) in [4.78, 5) is 0. The fourth-order valence-electron chi connectivity index (χ4n) is 3.65. The number of nitrogens with one attached hydrogen (secondary N) is 1. The first-order valence-corrected chi connectivity index (χ1v) is 7.52. The number of rotatable bonds is 5. The summed E-state index contributed by atoms with van der Waals surface area (Å²) in [6, 6.07) is 0. The van der Waals surface area contributed by atoms with Gasteiger partial charge in [-0.2, -0.15) is 0 Å². The van der Waals surface area contributed by atoms with E-state index in [4.69, 9.17) is 0 Å². The Morgan fingerprint density at radius 3 is 2.31 bits per heavy atom. The van der Waals surface area contributed by atoms with Crippen molar-refractivity contribution in [2.24, 2.45) is 23.7 Å². The summed E-state index contributed by atoms with van der Waals surface area (Å²) in [5.74, 6) is 4.19. The maximum absolute atomic E-state index is 3.61. The minimum atomic E-state index is 1.01. The van der Waals surface area contributed by atoms with Crippen molar-refractivity contribution in [2.75, 3.05) is 13.1 Å². The Morgan fingerprint density at radius 1 is 1.00 bits per heavy atom. The summed E-state index contributed by atoms with van der Waals surface area (Å²) in [6.07, 6.45) is 10.3. The average Bonchev–Trinajstić information content (AvgIpc) is 2.26. The maximum atomic E-state index is 3.61. The molecule has 2 fully saturated rings. The quantitative estimate of drug-likeness (QED) is 0.698. The molecule has 0 spiro atoms. The first kappa shape index (κ1) is 12.4. The van der Waals surface area contributed by atoms with Gasteiger partial charge in [0, 0.05) is 0 Å². The number of hydrogen-bond donors (Lipinski definition) is 1. The second kappa shape index (κ2) is 6.05. The summed E-state index contributed by atoms with van der Waals surface area (Å²) in [5, 5.41) is 3.61. The lowest BCUT2D eigenvalue weighted by Gasteiger charge is -2.44. The van der Waals surface area contributed by atoms with Crippen LogP contribution in [0.2, 0.25) is 0 Å². The lowest BCUT2D eigenvalue weighted by atomic mass is 9.62. The molecule has 0 aromatic carbocycles. The van der Waals surface area contributed by atoms with Gasteiger partial charge < -0.3 is 5.32 Å². The minimum absolute atomic E-state index is 1.01. The third-order valence-corrected chi connectivity index (χ3v) is 4.98. The van der Waals surface area contributed by atoms with E-state index >= 15 is 0 Å². The summed E-state index contributed by atoms with van der Waals surface area (Å²) < 4.78 is 0. The fourth-order valence-corrected chi connectivity index (χ4v) is 3.65. The monoisotopic (exact) mass is 223 g/mol. The van der Waals surface area contributed by atoms with Crippen molar-refractivity contribution in [2.45, 2.75) is 58.8 Å². The normalized spacial score (nSPS) is 39.4. The van der Waals surface area contributed by atoms with Crippen LogP contribution in [-0.2, 0) is 0 Å². The average molecular weight is 223 g/mol. The lowest BCUT2D eigenvalue weighted by Crippen LogP contribution is -2.40. The molecule has 0 radical (unpaired) electrons. The Labute approximate surface area is 101 Å². The molecule has 2 aliphatic rings. The Bertz CT molecular complexity index is 194. The van der Waals surface area contributed by atoms with Gasteiger partial charge in [-0.1, -0.05) is 26.7 Å². The molecule has 0 amide bonds. The van der Waals surface area contributed by atoms with E-state index in [1.54, 1.807) is 0 Å². The smallest absolute Gasteiger partial charge is 0.00178 e. The molecule has 1 N–H and O–H groups in total. The Balaban J connectivity index is 1.69. The highest BCUT2D eigenvalue weighted by Gasteiger charge is 2.37. The van der Waals surface area contributed by atoms with Gasteiger partial charge in [0.2, 0.25) is 0 Å². The molecule has 0 heterocycles. The van der Waals surface area contributed by atoms with Gasteiger partial charge in [0.1, 0.15) is 0 Å². The van der Waals surface area contributed by atoms with Gasteiger partial charge >= 0.3 is 0 Å². The molecule has 0 aromatic heterocycles. The van der Waals surface area contributed by atoms with Crippen molar-refractivity contribution in [1.82, 2.24) is 5.32 Å². The zero-order valence-electron chi connectivity index (χ0n) is 11.2. The fraction of sp³-hybridized carbons (Fsp3) is 1.00. The predicted octanol–water partition coefficient (Wildman–Crippen LogP) is 3.84. The van der Waals surface area contributed by atoms with Crippen LogP contribution < -0.4 is 5.32 Å². The second-order valence-electron chi connectivity index (χ2n) is 6.23. The molecule has 1 heteroatoms. The molecule has 0 aromatic rings. The van der Waals surface area contributed by atoms with Crippen LogP contribution in [0.5, 0.6) is 0 Å². The summed E-state index contributed by atoms with van der Waals surface area (Å²) >= 11 is 0. The molecule has 2 unspecified atom stereocenters. The third-order valence-electron chi connectivity index (χ3n) is 4.98. The van der Waals surface area contributed by atoms with E-state index in [2.05, 4.69) is 19.2 Å². The van der Waals surface area contributed by atoms with Gasteiger partial charge in [0.15, 0.2) is 0 Å². The molecule has 0 bridgehead atoms. The van der Waals surface area contributed by atoms with Gasteiger partial charge in [0.25, 0.3) is 0 Å². The highest BCUT2D eigenvalue weighted by atomic mass is 14.9. The van der Waals surface area contributed by atoms with Gasteiger partial charge in [-0.05, 0) is 68.9 Å². The Hall–Kier alpha value is -0.0400. The predicted molar refractivity (Wildman–Crippen MR) is 70.5 cm³/mol. The van der Waals surface area contributed by atoms with Crippen LogP contribution in [0.3, 0.4) is 0 Å². The lowest BCUT2D eigenvalue weighted by molar-refractivity contribution is 0.0697. The highest BCUT2D eigenvalue weighted by molar-refractivity contribution is 4.88. The molecular formula is C15H29N. The molecule has 2 atom stereocenters. The first-order chi connectivity index (χ1) is 7.81. The van der Waals surface area contributed by atoms with Crippen molar-refractivity contribution in [3.05, 3.63) is 0 Å². The molecule has 1 nitrogen and oxygen atoms in total. The standard InChI is InChI=1S/C15H29N/c1-3-10-16-11-14-8-9-15(14)13-6-4-12(2)5-7-13/h12-16H,3-11H2,1-2H3. The van der Waals surface area contributed by atoms with Crippen LogP contribution >= 0.6 is 0 Å². The topological polar surface area (TPSA) is 12.0 Å². The zero-order chi connectivity index (χ0) is 11.4. The van der Waals surface area contributed by atoms with Crippen LogP contribution in [0.1, 0.15) is 58.8 Å². The van der Waals surface area contributed by atoms with Gasteiger partial charge in [-0.25, -0.2) is 0 Å². The van der Waals surface area contributed by atoms with E-state index in [-0.39, 0.29) is 0 Å². The van der Waals surface area contributed by atoms with Crippen molar-refractivity contribution in [3.63, 3.8) is 0 Å². The molecule has 2 aliphatic carbocycles. The molecule has 2 saturated carbocycles. The zero-order valence-corrected chi connectivity index (χ0v) is 11.2. The van der Waals surface area contributed by atoms with Crippen LogP contribution in [-0.4, -0.2) is 13.1 Å². The molecule has 94 valence electrons. The van der Waals surface area contributed by atoms with Crippen LogP contribution in [0.4, 0.5) is 0 Å². The van der Waals surface area contributed by atoms with E-state index in [0.717, 1.165) is 23.7 Å². The number of hydrogen-bond acceptors (Lipinski definition) is 1. The van der Waals surface area contributed by atoms with E-state index < -0.39 is 0 Å². The van der Waals surface area contributed by atoms with Gasteiger partial charge in [0.05, 0.1) is 0 Å². The van der Waals surface area contributed by atoms with Crippen molar-refractivity contribution >= 4 is 0 Å². The second-order valence-corrected chi connectivity index (χ2v) is 6.23. The molecule has 0 aliphatic heterocycles. The van der Waals surface area contributed by atoms with Crippen LogP contribution in [0.15, 0.2) is 0 Å². The molecule has 0 saturated heterocycles. The highest BCUT2D eigenvalue weighted by Crippen LogP contribution is 2.45. The van der Waals surface area contributed by atoms with E-state index in [9.17, 15) is 0 Å². The minimum Gasteiger partial charge on any atom is -0.316 e. The van der Waals surface area contributed by atoms with Gasteiger partial charge in [-0.15, -0.1) is 0 Å². The van der Waals surface area contributed by atoms with Crippen molar-refractivity contribution < 1.29 is 0 Å². The summed E-state index contributed by atoms with van der Waals surface area (Å²) in [5.41, 5.74) is 0. The molecular weight excluding hydrogens is 194 g/mol. The van der Waals surface area contributed by atoms with Crippen LogP contribution in [0, 0.1) is 23.7 Å². The van der Waals surface area contributed by atoms with E-state index in [1.807, 2.05) is 0 Å². The van der Waals surface area contributed by atoms with Crippen molar-refractivity contribution in [3.8, 4) is 0 Å². The Kier molecular flexibility index (Phi) is 4.69. The summed E-state index contributed by atoms with van der Waals surface area (Å²) in [6.45, 7) is 7.19. The van der Waals surface area contributed by atoms with E-state index in [0.29, 0.717) is 0 Å². The van der Waals surface area contributed by atoms with Crippen molar-refractivity contribution in [1.29, 1.82) is 0 Å². The SMILES string of the molecule is CCCNCC1CCC1C1CCC(C)CC1. The first-order valence-electron chi connectivity index (χ1n) is 7.52. The largest absolute Gasteiger partial charge is 0.316 e. The third kappa shape index (κ3) is 3.00.